The molecule has 6 heteroatoms. The minimum atomic E-state index is -1.13. The highest BCUT2D eigenvalue weighted by Gasteiger charge is 2.28. The molecule has 0 aromatic heterocycles. The number of nitrogens with two attached hydrogens (primary N) is 1. The summed E-state index contributed by atoms with van der Waals surface area (Å²) in [7, 11) is 0. The summed E-state index contributed by atoms with van der Waals surface area (Å²) in [5, 5.41) is 8.70. The first-order valence-corrected chi connectivity index (χ1v) is 6.30. The van der Waals surface area contributed by atoms with Crippen molar-refractivity contribution in [2.75, 3.05) is 0 Å². The van der Waals surface area contributed by atoms with Crippen LogP contribution < -0.4 is 5.73 Å². The molecule has 0 aromatic carbocycles. The summed E-state index contributed by atoms with van der Waals surface area (Å²) in [6.45, 7) is 4.91. The fourth-order valence-electron chi connectivity index (χ4n) is 1.38. The van der Waals surface area contributed by atoms with Crippen molar-refractivity contribution < 1.29 is 19.4 Å². The molecule has 0 heterocycles. The van der Waals surface area contributed by atoms with Crippen LogP contribution in [0.1, 0.15) is 33.6 Å². The molecule has 98 valence electrons. The Labute approximate surface area is 115 Å². The maximum Gasteiger partial charge on any atom is 0.304 e. The predicted octanol–water partition coefficient (Wildman–Crippen LogP) is 2.04. The van der Waals surface area contributed by atoms with Crippen LogP contribution in [-0.4, -0.2) is 20.6 Å². The average Bonchev–Trinajstić information content (AvgIpc) is 2.10. The second-order valence-corrected chi connectivity index (χ2v) is 5.78. The third-order valence-corrected chi connectivity index (χ3v) is 2.63. The fraction of sp³-hybridized carbons (Fsp3) is 0.636. The van der Waals surface area contributed by atoms with Gasteiger partial charge in [0.2, 0.25) is 3.73 Å². The lowest BCUT2D eigenvalue weighted by Crippen LogP contribution is -2.38. The van der Waals surface area contributed by atoms with Crippen LogP contribution >= 0.6 is 22.6 Å². The molecule has 3 N–H and O–H groups in total. The third-order valence-electron chi connectivity index (χ3n) is 2.03. The second kappa shape index (κ2) is 6.95. The average molecular weight is 355 g/mol. The molecule has 0 rings (SSSR count). The van der Waals surface area contributed by atoms with E-state index in [1.54, 1.807) is 19.9 Å². The highest BCUT2D eigenvalue weighted by molar-refractivity contribution is 14.1. The van der Waals surface area contributed by atoms with Crippen LogP contribution in [0.4, 0.5) is 0 Å². The Morgan fingerprint density at radius 3 is 2.47 bits per heavy atom. The number of Topliss-reactive ketones (excluding diaryl/α,β-unsaturated/α-hetero) is 1. The van der Waals surface area contributed by atoms with E-state index in [1.807, 2.05) is 22.6 Å². The molecule has 17 heavy (non-hydrogen) atoms. The standard InChI is InChI=1S/C11H18INO4/c1-4-9(7(2)5-10(15)16)17-11(12,13)6-8(3)14/h4,7H,5-6,13H2,1-3H3,(H,15,16)/b9-4-. The van der Waals surface area contributed by atoms with Crippen molar-refractivity contribution in [1.82, 2.24) is 0 Å². The number of aliphatic carboxylic acids is 1. The number of rotatable bonds is 7. The van der Waals surface area contributed by atoms with Gasteiger partial charge in [-0.1, -0.05) is 6.92 Å². The molecule has 0 aliphatic rings. The summed E-state index contributed by atoms with van der Waals surface area (Å²) < 4.78 is 4.38. The Morgan fingerprint density at radius 1 is 1.59 bits per heavy atom. The van der Waals surface area contributed by atoms with Gasteiger partial charge in [0.05, 0.1) is 18.6 Å². The van der Waals surface area contributed by atoms with Gasteiger partial charge < -0.3 is 9.84 Å². The van der Waals surface area contributed by atoms with Gasteiger partial charge >= 0.3 is 5.97 Å². The van der Waals surface area contributed by atoms with E-state index in [-0.39, 0.29) is 24.5 Å². The van der Waals surface area contributed by atoms with E-state index in [4.69, 9.17) is 15.6 Å². The van der Waals surface area contributed by atoms with Crippen LogP contribution in [0.3, 0.4) is 0 Å². The first-order valence-electron chi connectivity index (χ1n) is 5.22. The number of alkyl halides is 1. The van der Waals surface area contributed by atoms with Gasteiger partial charge in [-0.05, 0) is 42.5 Å². The minimum absolute atomic E-state index is 0.0353. The first-order chi connectivity index (χ1) is 7.68. The molecular formula is C11H18INO4. The summed E-state index contributed by atoms with van der Waals surface area (Å²) in [6.07, 6.45) is 1.71. The van der Waals surface area contributed by atoms with E-state index in [2.05, 4.69) is 0 Å². The highest BCUT2D eigenvalue weighted by Crippen LogP contribution is 2.27. The summed E-state index contributed by atoms with van der Waals surface area (Å²) in [5.74, 6) is -0.765. The van der Waals surface area contributed by atoms with Crippen molar-refractivity contribution in [2.24, 2.45) is 11.7 Å². The fourth-order valence-corrected chi connectivity index (χ4v) is 2.17. The zero-order chi connectivity index (χ0) is 13.6. The Balaban J connectivity index is 4.60. The van der Waals surface area contributed by atoms with Crippen molar-refractivity contribution in [3.8, 4) is 0 Å². The number of allylic oxidation sites excluding steroid dienone is 2. The van der Waals surface area contributed by atoms with Crippen LogP contribution in [0.5, 0.6) is 0 Å². The maximum atomic E-state index is 11.0. The van der Waals surface area contributed by atoms with Gasteiger partial charge in [0, 0.05) is 5.92 Å². The molecule has 0 aliphatic heterocycles. The summed E-state index contributed by atoms with van der Waals surface area (Å²) in [6, 6.07) is 0. The number of carboxylic acids is 1. The molecular weight excluding hydrogens is 337 g/mol. The van der Waals surface area contributed by atoms with E-state index in [1.165, 1.54) is 6.92 Å². The van der Waals surface area contributed by atoms with E-state index in [0.717, 1.165) is 0 Å². The predicted molar refractivity (Wildman–Crippen MR) is 72.5 cm³/mol. The van der Waals surface area contributed by atoms with Crippen LogP contribution in [0.25, 0.3) is 0 Å². The molecule has 0 amide bonds. The monoisotopic (exact) mass is 355 g/mol. The second-order valence-electron chi connectivity index (χ2n) is 3.96. The molecule has 5 nitrogen and oxygen atoms in total. The number of ketones is 1. The molecule has 0 spiro atoms. The number of carboxylic acid groups (broad SMARTS) is 1. The van der Waals surface area contributed by atoms with Crippen molar-refractivity contribution in [1.29, 1.82) is 0 Å². The lowest BCUT2D eigenvalue weighted by atomic mass is 10.1. The molecule has 0 radical (unpaired) electrons. The molecule has 0 fully saturated rings. The van der Waals surface area contributed by atoms with Gasteiger partial charge in [-0.3, -0.25) is 15.3 Å². The SMILES string of the molecule is C/C=C(\OC(N)(I)CC(C)=O)C(C)CC(=O)O. The summed E-state index contributed by atoms with van der Waals surface area (Å²) in [4.78, 5) is 21.6. The van der Waals surface area contributed by atoms with Crippen LogP contribution in [0.2, 0.25) is 0 Å². The summed E-state index contributed by atoms with van der Waals surface area (Å²) >= 11 is 1.84. The molecule has 2 atom stereocenters. The molecule has 2 unspecified atom stereocenters. The van der Waals surface area contributed by atoms with E-state index in [9.17, 15) is 9.59 Å². The Hall–Kier alpha value is -0.630. The van der Waals surface area contributed by atoms with Crippen LogP contribution in [0.15, 0.2) is 11.8 Å². The number of ether oxygens (including phenoxy) is 1. The third kappa shape index (κ3) is 7.32. The highest BCUT2D eigenvalue weighted by atomic mass is 127. The minimum Gasteiger partial charge on any atom is -0.481 e. The number of halogens is 1. The van der Waals surface area contributed by atoms with E-state index >= 15 is 0 Å². The molecule has 0 aliphatic carbocycles. The van der Waals surface area contributed by atoms with E-state index < -0.39 is 9.70 Å². The van der Waals surface area contributed by atoms with Gasteiger partial charge in [-0.2, -0.15) is 0 Å². The van der Waals surface area contributed by atoms with Crippen LogP contribution in [-0.2, 0) is 14.3 Å². The molecule has 0 saturated heterocycles. The molecule has 0 saturated carbocycles. The normalized spacial score (nSPS) is 17.1. The Bertz CT molecular complexity index is 325. The topological polar surface area (TPSA) is 89.6 Å². The van der Waals surface area contributed by atoms with Crippen molar-refractivity contribution in [3.05, 3.63) is 11.8 Å². The Morgan fingerprint density at radius 2 is 2.12 bits per heavy atom. The quantitative estimate of drug-likeness (QED) is 0.240. The number of carbonyl (C=O) groups is 2. The zero-order valence-electron chi connectivity index (χ0n) is 10.2. The smallest absolute Gasteiger partial charge is 0.304 e. The largest absolute Gasteiger partial charge is 0.481 e. The summed E-state index contributed by atoms with van der Waals surface area (Å²) in [5.41, 5.74) is 5.82. The number of hydrogen-bond acceptors (Lipinski definition) is 4. The maximum absolute atomic E-state index is 11.0. The molecule has 0 aromatic rings. The lowest BCUT2D eigenvalue weighted by Gasteiger charge is -2.27. The van der Waals surface area contributed by atoms with Gasteiger partial charge in [0.25, 0.3) is 0 Å². The molecule has 0 bridgehead atoms. The van der Waals surface area contributed by atoms with Gasteiger partial charge in [0.15, 0.2) is 0 Å². The van der Waals surface area contributed by atoms with Gasteiger partial charge in [0.1, 0.15) is 5.78 Å². The number of hydrogen-bond donors (Lipinski definition) is 2. The lowest BCUT2D eigenvalue weighted by molar-refractivity contribution is -0.138. The van der Waals surface area contributed by atoms with E-state index in [0.29, 0.717) is 5.76 Å². The van der Waals surface area contributed by atoms with Gasteiger partial charge in [-0.15, -0.1) is 0 Å². The van der Waals surface area contributed by atoms with Crippen molar-refractivity contribution in [3.63, 3.8) is 0 Å². The van der Waals surface area contributed by atoms with Gasteiger partial charge in [-0.25, -0.2) is 0 Å². The van der Waals surface area contributed by atoms with Crippen LogP contribution in [0, 0.1) is 5.92 Å². The van der Waals surface area contributed by atoms with Crippen molar-refractivity contribution in [2.45, 2.75) is 37.3 Å². The first kappa shape index (κ1) is 16.4. The zero-order valence-corrected chi connectivity index (χ0v) is 12.4. The number of carbonyl (C=O) groups excluding carboxylic acids is 1. The van der Waals surface area contributed by atoms with Crippen molar-refractivity contribution >= 4 is 34.3 Å². The Kier molecular flexibility index (Phi) is 6.69.